The Labute approximate surface area is 123 Å². The fourth-order valence-corrected chi connectivity index (χ4v) is 1.78. The molecule has 20 heavy (non-hydrogen) atoms. The molecule has 1 rings (SSSR count). The van der Waals surface area contributed by atoms with Gasteiger partial charge in [0.2, 0.25) is 0 Å². The maximum absolute atomic E-state index is 11.1. The van der Waals surface area contributed by atoms with Crippen molar-refractivity contribution in [3.8, 4) is 5.75 Å². The average molecular weight is 297 g/mol. The summed E-state index contributed by atoms with van der Waals surface area (Å²) in [5.74, 6) is 0.467. The van der Waals surface area contributed by atoms with Gasteiger partial charge in [-0.3, -0.25) is 10.1 Å². The molecule has 0 saturated heterocycles. The second-order valence-electron chi connectivity index (χ2n) is 4.10. The Kier molecular flexibility index (Phi) is 6.72. The van der Waals surface area contributed by atoms with Gasteiger partial charge in [-0.15, -0.1) is 0 Å². The first-order valence-electron chi connectivity index (χ1n) is 6.54. The SMILES string of the molecule is CCCCNC(=S)Nc1ccc(OCC)cc1[N+](=O)[O-]. The van der Waals surface area contributed by atoms with Crippen molar-refractivity contribution in [1.29, 1.82) is 0 Å². The van der Waals surface area contributed by atoms with Gasteiger partial charge in [-0.25, -0.2) is 0 Å². The maximum Gasteiger partial charge on any atom is 0.296 e. The van der Waals surface area contributed by atoms with Crippen LogP contribution >= 0.6 is 12.2 Å². The Hall–Kier alpha value is -1.89. The molecule has 0 aliphatic rings. The third-order valence-electron chi connectivity index (χ3n) is 2.54. The van der Waals surface area contributed by atoms with Crippen molar-refractivity contribution >= 4 is 28.7 Å². The number of hydrogen-bond acceptors (Lipinski definition) is 4. The molecule has 0 amide bonds. The van der Waals surface area contributed by atoms with E-state index in [1.165, 1.54) is 6.07 Å². The van der Waals surface area contributed by atoms with E-state index in [1.807, 2.05) is 6.92 Å². The van der Waals surface area contributed by atoms with Crippen LogP contribution in [0.2, 0.25) is 0 Å². The largest absolute Gasteiger partial charge is 0.494 e. The maximum atomic E-state index is 11.1. The highest BCUT2D eigenvalue weighted by Gasteiger charge is 2.16. The van der Waals surface area contributed by atoms with Crippen molar-refractivity contribution in [3.05, 3.63) is 28.3 Å². The summed E-state index contributed by atoms with van der Waals surface area (Å²) in [6.07, 6.45) is 2.05. The molecule has 0 spiro atoms. The molecule has 1 aromatic rings. The normalized spacial score (nSPS) is 9.90. The van der Waals surface area contributed by atoms with Gasteiger partial charge in [0.15, 0.2) is 5.11 Å². The number of benzene rings is 1. The van der Waals surface area contributed by atoms with Crippen LogP contribution in [0.5, 0.6) is 5.75 Å². The molecule has 0 aliphatic heterocycles. The van der Waals surface area contributed by atoms with E-state index in [9.17, 15) is 10.1 Å². The monoisotopic (exact) mass is 297 g/mol. The van der Waals surface area contributed by atoms with E-state index in [1.54, 1.807) is 12.1 Å². The molecule has 0 heterocycles. The van der Waals surface area contributed by atoms with Crippen LogP contribution in [0.15, 0.2) is 18.2 Å². The fourth-order valence-electron chi connectivity index (χ4n) is 1.57. The lowest BCUT2D eigenvalue weighted by atomic mass is 10.2. The van der Waals surface area contributed by atoms with E-state index in [4.69, 9.17) is 17.0 Å². The van der Waals surface area contributed by atoms with Crippen molar-refractivity contribution in [2.45, 2.75) is 26.7 Å². The van der Waals surface area contributed by atoms with Crippen LogP contribution in [0.25, 0.3) is 0 Å². The highest BCUT2D eigenvalue weighted by atomic mass is 32.1. The Morgan fingerprint density at radius 3 is 2.80 bits per heavy atom. The van der Waals surface area contributed by atoms with E-state index in [-0.39, 0.29) is 5.69 Å². The van der Waals surface area contributed by atoms with Gasteiger partial charge in [-0.2, -0.15) is 0 Å². The quantitative estimate of drug-likeness (QED) is 0.348. The molecule has 2 N–H and O–H groups in total. The molecular weight excluding hydrogens is 278 g/mol. The van der Waals surface area contributed by atoms with Crippen LogP contribution in [-0.2, 0) is 0 Å². The van der Waals surface area contributed by atoms with Crippen LogP contribution < -0.4 is 15.4 Å². The van der Waals surface area contributed by atoms with Crippen molar-refractivity contribution < 1.29 is 9.66 Å². The summed E-state index contributed by atoms with van der Waals surface area (Å²) < 4.78 is 5.26. The number of nitro groups is 1. The van der Waals surface area contributed by atoms with E-state index in [0.717, 1.165) is 19.4 Å². The third-order valence-corrected chi connectivity index (χ3v) is 2.79. The van der Waals surface area contributed by atoms with E-state index < -0.39 is 4.92 Å². The number of nitro benzene ring substituents is 1. The van der Waals surface area contributed by atoms with Crippen molar-refractivity contribution in [3.63, 3.8) is 0 Å². The molecule has 0 saturated carbocycles. The zero-order valence-electron chi connectivity index (χ0n) is 11.6. The number of thiocarbonyl (C=S) groups is 1. The third kappa shape index (κ3) is 5.00. The van der Waals surface area contributed by atoms with Gasteiger partial charge in [0.25, 0.3) is 5.69 Å². The Balaban J connectivity index is 2.78. The summed E-state index contributed by atoms with van der Waals surface area (Å²) in [6.45, 7) is 5.11. The fraction of sp³-hybridized carbons (Fsp3) is 0.462. The molecule has 6 nitrogen and oxygen atoms in total. The Morgan fingerprint density at radius 1 is 1.45 bits per heavy atom. The lowest BCUT2D eigenvalue weighted by molar-refractivity contribution is -0.384. The number of hydrogen-bond donors (Lipinski definition) is 2. The number of anilines is 1. The molecule has 0 aliphatic carbocycles. The van der Waals surface area contributed by atoms with Gasteiger partial charge in [0, 0.05) is 6.54 Å². The first kappa shape index (κ1) is 16.2. The van der Waals surface area contributed by atoms with Gasteiger partial charge in [0.1, 0.15) is 11.4 Å². The van der Waals surface area contributed by atoms with Crippen molar-refractivity contribution in [1.82, 2.24) is 5.32 Å². The van der Waals surface area contributed by atoms with Crippen LogP contribution in [-0.4, -0.2) is 23.2 Å². The minimum Gasteiger partial charge on any atom is -0.494 e. The molecule has 1 aromatic carbocycles. The van der Waals surface area contributed by atoms with Gasteiger partial charge in [0.05, 0.1) is 17.6 Å². The first-order chi connectivity index (χ1) is 9.58. The highest BCUT2D eigenvalue weighted by Crippen LogP contribution is 2.29. The lowest BCUT2D eigenvalue weighted by Crippen LogP contribution is -2.29. The molecule has 0 unspecified atom stereocenters. The number of ether oxygens (including phenoxy) is 1. The van der Waals surface area contributed by atoms with Crippen LogP contribution in [0.1, 0.15) is 26.7 Å². The van der Waals surface area contributed by atoms with E-state index in [2.05, 4.69) is 17.6 Å². The van der Waals surface area contributed by atoms with Crippen LogP contribution in [0.3, 0.4) is 0 Å². The van der Waals surface area contributed by atoms with Crippen LogP contribution in [0.4, 0.5) is 11.4 Å². The number of nitrogens with zero attached hydrogens (tertiary/aromatic N) is 1. The highest BCUT2D eigenvalue weighted by molar-refractivity contribution is 7.80. The van der Waals surface area contributed by atoms with Gasteiger partial charge in [-0.05, 0) is 37.7 Å². The first-order valence-corrected chi connectivity index (χ1v) is 6.95. The molecule has 0 atom stereocenters. The summed E-state index contributed by atoms with van der Waals surface area (Å²) in [4.78, 5) is 10.6. The summed E-state index contributed by atoms with van der Waals surface area (Å²) in [7, 11) is 0. The van der Waals surface area contributed by atoms with E-state index >= 15 is 0 Å². The minimum atomic E-state index is -0.459. The standard InChI is InChI=1S/C13H19N3O3S/c1-3-5-8-14-13(20)15-11-7-6-10(19-4-2)9-12(11)16(17)18/h6-7,9H,3-5,8H2,1-2H3,(H2,14,15,20). The number of nitrogens with one attached hydrogen (secondary N) is 2. The van der Waals surface area contributed by atoms with Crippen molar-refractivity contribution in [2.75, 3.05) is 18.5 Å². The van der Waals surface area contributed by atoms with Gasteiger partial charge in [-0.1, -0.05) is 13.3 Å². The van der Waals surface area contributed by atoms with Gasteiger partial charge < -0.3 is 15.4 Å². The zero-order chi connectivity index (χ0) is 15.0. The molecular formula is C13H19N3O3S. The lowest BCUT2D eigenvalue weighted by Gasteiger charge is -2.11. The number of unbranched alkanes of at least 4 members (excludes halogenated alkanes) is 1. The molecule has 0 fully saturated rings. The second kappa shape index (κ2) is 8.31. The molecule has 0 bridgehead atoms. The Morgan fingerprint density at radius 2 is 2.20 bits per heavy atom. The topological polar surface area (TPSA) is 76.4 Å². The predicted molar refractivity (Wildman–Crippen MR) is 83.4 cm³/mol. The smallest absolute Gasteiger partial charge is 0.296 e. The van der Waals surface area contributed by atoms with E-state index in [0.29, 0.717) is 23.2 Å². The number of rotatable bonds is 7. The molecule has 7 heteroatoms. The average Bonchev–Trinajstić information content (AvgIpc) is 2.41. The summed E-state index contributed by atoms with van der Waals surface area (Å²) in [5, 5.41) is 17.3. The molecule has 110 valence electrons. The van der Waals surface area contributed by atoms with Crippen molar-refractivity contribution in [2.24, 2.45) is 0 Å². The molecule has 0 aromatic heterocycles. The summed E-state index contributed by atoms with van der Waals surface area (Å²) in [6, 6.07) is 4.66. The second-order valence-corrected chi connectivity index (χ2v) is 4.51. The zero-order valence-corrected chi connectivity index (χ0v) is 12.5. The van der Waals surface area contributed by atoms with Gasteiger partial charge >= 0.3 is 0 Å². The minimum absolute atomic E-state index is 0.0596. The summed E-state index contributed by atoms with van der Waals surface area (Å²) in [5.41, 5.74) is 0.294. The van der Waals surface area contributed by atoms with Crippen LogP contribution in [0, 0.1) is 10.1 Å². The summed E-state index contributed by atoms with van der Waals surface area (Å²) >= 11 is 5.10. The predicted octanol–water partition coefficient (Wildman–Crippen LogP) is 3.08. The molecule has 0 radical (unpaired) electrons. The Bertz CT molecular complexity index is 480.